The lowest BCUT2D eigenvalue weighted by Crippen LogP contribution is -1.87. The smallest absolute Gasteiger partial charge is 0.0383 e. The first-order chi connectivity index (χ1) is 14.9. The topological polar surface area (TPSA) is 0 Å². The SMILES string of the molecule is CCCCCCCCCCCCCCCCCCCC1CC1CCCCCCCC. The van der Waals surface area contributed by atoms with Gasteiger partial charge in [-0.05, 0) is 18.3 Å². The van der Waals surface area contributed by atoms with Gasteiger partial charge in [0.1, 0.15) is 0 Å². The molecular formula is C30H60. The third-order valence-corrected chi connectivity index (χ3v) is 7.68. The Balaban J connectivity index is 1.66. The van der Waals surface area contributed by atoms with Crippen molar-refractivity contribution >= 4 is 0 Å². The quantitative estimate of drug-likeness (QED) is 0.129. The highest BCUT2D eigenvalue weighted by molar-refractivity contribution is 4.85. The number of hydrogen-bond donors (Lipinski definition) is 0. The molecule has 1 rings (SSSR count). The van der Waals surface area contributed by atoms with E-state index in [4.69, 9.17) is 0 Å². The van der Waals surface area contributed by atoms with Gasteiger partial charge in [0.2, 0.25) is 0 Å². The molecule has 0 radical (unpaired) electrons. The van der Waals surface area contributed by atoms with E-state index in [0.29, 0.717) is 0 Å². The molecule has 0 heteroatoms. The maximum Gasteiger partial charge on any atom is -0.0383 e. The number of unbranched alkanes of at least 4 members (excludes halogenated alkanes) is 21. The van der Waals surface area contributed by atoms with Crippen LogP contribution in [-0.2, 0) is 0 Å². The van der Waals surface area contributed by atoms with Crippen LogP contribution >= 0.6 is 0 Å². The minimum absolute atomic E-state index is 1.14. The lowest BCUT2D eigenvalue weighted by Gasteiger charge is -2.04. The van der Waals surface area contributed by atoms with Gasteiger partial charge in [-0.1, -0.05) is 174 Å². The zero-order valence-corrected chi connectivity index (χ0v) is 21.5. The normalized spacial score (nSPS) is 18.2. The minimum atomic E-state index is 1.14. The van der Waals surface area contributed by atoms with Gasteiger partial charge in [-0.25, -0.2) is 0 Å². The molecular weight excluding hydrogens is 360 g/mol. The second-order valence-electron chi connectivity index (χ2n) is 10.8. The van der Waals surface area contributed by atoms with Crippen LogP contribution in [-0.4, -0.2) is 0 Å². The van der Waals surface area contributed by atoms with Crippen molar-refractivity contribution in [1.82, 2.24) is 0 Å². The maximum absolute atomic E-state index is 2.31. The van der Waals surface area contributed by atoms with Crippen LogP contribution in [0.5, 0.6) is 0 Å². The van der Waals surface area contributed by atoms with Gasteiger partial charge in [-0.2, -0.15) is 0 Å². The first kappa shape index (κ1) is 28.0. The molecule has 1 aliphatic rings. The van der Waals surface area contributed by atoms with Gasteiger partial charge in [0.05, 0.1) is 0 Å². The lowest BCUT2D eigenvalue weighted by atomic mass is 10.0. The predicted molar refractivity (Wildman–Crippen MR) is 138 cm³/mol. The zero-order valence-electron chi connectivity index (χ0n) is 21.5. The molecule has 180 valence electrons. The van der Waals surface area contributed by atoms with Crippen LogP contribution in [0.3, 0.4) is 0 Å². The first-order valence-corrected chi connectivity index (χ1v) is 14.9. The molecule has 2 atom stereocenters. The van der Waals surface area contributed by atoms with Gasteiger partial charge in [-0.15, -0.1) is 0 Å². The second kappa shape index (κ2) is 22.2. The predicted octanol–water partition coefficient (Wildman–Crippen LogP) is 11.4. The molecule has 1 saturated carbocycles. The molecule has 2 unspecified atom stereocenters. The van der Waals surface area contributed by atoms with Crippen molar-refractivity contribution in [3.63, 3.8) is 0 Å². The molecule has 0 aromatic carbocycles. The summed E-state index contributed by atoms with van der Waals surface area (Å²) in [5.41, 5.74) is 0. The van der Waals surface area contributed by atoms with E-state index in [1.54, 1.807) is 19.3 Å². The van der Waals surface area contributed by atoms with E-state index in [1.165, 1.54) is 148 Å². The van der Waals surface area contributed by atoms with Crippen molar-refractivity contribution in [2.45, 2.75) is 181 Å². The van der Waals surface area contributed by atoms with E-state index in [-0.39, 0.29) is 0 Å². The summed E-state index contributed by atoms with van der Waals surface area (Å²) in [5.74, 6) is 2.27. The van der Waals surface area contributed by atoms with E-state index in [1.807, 2.05) is 0 Å². The average Bonchev–Trinajstić information content (AvgIpc) is 3.51. The van der Waals surface area contributed by atoms with E-state index in [9.17, 15) is 0 Å². The molecule has 0 bridgehead atoms. The summed E-state index contributed by atoms with van der Waals surface area (Å²) in [6.45, 7) is 4.62. The van der Waals surface area contributed by atoms with Crippen molar-refractivity contribution in [3.8, 4) is 0 Å². The highest BCUT2D eigenvalue weighted by Gasteiger charge is 2.34. The molecule has 0 saturated heterocycles. The Hall–Kier alpha value is 0. The van der Waals surface area contributed by atoms with Crippen LogP contribution < -0.4 is 0 Å². The van der Waals surface area contributed by atoms with Crippen LogP contribution in [0.2, 0.25) is 0 Å². The van der Waals surface area contributed by atoms with Gasteiger partial charge in [-0.3, -0.25) is 0 Å². The fourth-order valence-electron chi connectivity index (χ4n) is 5.34. The molecule has 1 aliphatic carbocycles. The van der Waals surface area contributed by atoms with Crippen molar-refractivity contribution in [3.05, 3.63) is 0 Å². The fourth-order valence-corrected chi connectivity index (χ4v) is 5.34. The van der Waals surface area contributed by atoms with E-state index < -0.39 is 0 Å². The van der Waals surface area contributed by atoms with E-state index in [0.717, 1.165) is 11.8 Å². The van der Waals surface area contributed by atoms with Crippen LogP contribution in [0.4, 0.5) is 0 Å². The standard InChI is InChI=1S/C30H60/c1-3-5-7-9-11-12-13-14-15-16-17-18-19-20-21-23-25-27-30-28-29(30)26-24-22-10-8-6-4-2/h29-30H,3-28H2,1-2H3. The summed E-state index contributed by atoms with van der Waals surface area (Å²) >= 11 is 0. The van der Waals surface area contributed by atoms with E-state index >= 15 is 0 Å². The Morgan fingerprint density at radius 3 is 0.833 bits per heavy atom. The Bertz CT molecular complexity index is 320. The van der Waals surface area contributed by atoms with Gasteiger partial charge in [0.25, 0.3) is 0 Å². The lowest BCUT2D eigenvalue weighted by molar-refractivity contribution is 0.506. The molecule has 0 aromatic heterocycles. The van der Waals surface area contributed by atoms with Gasteiger partial charge in [0.15, 0.2) is 0 Å². The van der Waals surface area contributed by atoms with Crippen molar-refractivity contribution in [1.29, 1.82) is 0 Å². The van der Waals surface area contributed by atoms with Crippen LogP contribution in [0, 0.1) is 11.8 Å². The summed E-state index contributed by atoms with van der Waals surface area (Å²) in [4.78, 5) is 0. The van der Waals surface area contributed by atoms with Crippen LogP contribution in [0.25, 0.3) is 0 Å². The molecule has 0 spiro atoms. The monoisotopic (exact) mass is 420 g/mol. The van der Waals surface area contributed by atoms with Crippen LogP contribution in [0.1, 0.15) is 181 Å². The van der Waals surface area contributed by atoms with Crippen LogP contribution in [0.15, 0.2) is 0 Å². The average molecular weight is 421 g/mol. The molecule has 0 aromatic rings. The van der Waals surface area contributed by atoms with Crippen molar-refractivity contribution in [2.75, 3.05) is 0 Å². The van der Waals surface area contributed by atoms with Gasteiger partial charge < -0.3 is 0 Å². The Labute approximate surface area is 192 Å². The summed E-state index contributed by atoms with van der Waals surface area (Å²) < 4.78 is 0. The molecule has 0 aliphatic heterocycles. The molecule has 30 heavy (non-hydrogen) atoms. The van der Waals surface area contributed by atoms with Gasteiger partial charge in [0, 0.05) is 0 Å². The summed E-state index contributed by atoms with van der Waals surface area (Å²) in [6.07, 6.45) is 38.8. The van der Waals surface area contributed by atoms with Crippen molar-refractivity contribution < 1.29 is 0 Å². The molecule has 0 amide bonds. The second-order valence-corrected chi connectivity index (χ2v) is 10.8. The first-order valence-electron chi connectivity index (χ1n) is 14.9. The molecule has 0 N–H and O–H groups in total. The summed E-state index contributed by atoms with van der Waals surface area (Å²) in [7, 11) is 0. The van der Waals surface area contributed by atoms with Gasteiger partial charge >= 0.3 is 0 Å². The summed E-state index contributed by atoms with van der Waals surface area (Å²) in [6, 6.07) is 0. The highest BCUT2D eigenvalue weighted by atomic mass is 14.4. The summed E-state index contributed by atoms with van der Waals surface area (Å²) in [5, 5.41) is 0. The third kappa shape index (κ3) is 18.7. The van der Waals surface area contributed by atoms with Crippen molar-refractivity contribution in [2.24, 2.45) is 11.8 Å². The highest BCUT2D eigenvalue weighted by Crippen LogP contribution is 2.45. The largest absolute Gasteiger partial charge is 0.0654 e. The Morgan fingerprint density at radius 2 is 0.567 bits per heavy atom. The number of hydrogen-bond acceptors (Lipinski definition) is 0. The fraction of sp³-hybridized carbons (Fsp3) is 1.00. The number of rotatable bonds is 25. The minimum Gasteiger partial charge on any atom is -0.0654 e. The zero-order chi connectivity index (χ0) is 21.5. The Kier molecular flexibility index (Phi) is 20.7. The maximum atomic E-state index is 2.31. The molecule has 1 fully saturated rings. The molecule has 0 nitrogen and oxygen atoms in total. The van der Waals surface area contributed by atoms with E-state index in [2.05, 4.69) is 13.8 Å². The Morgan fingerprint density at radius 1 is 0.333 bits per heavy atom. The molecule has 0 heterocycles. The third-order valence-electron chi connectivity index (χ3n) is 7.68.